The molecule has 0 radical (unpaired) electrons. The summed E-state index contributed by atoms with van der Waals surface area (Å²) < 4.78 is 5.07. The van der Waals surface area contributed by atoms with Crippen molar-refractivity contribution in [1.82, 2.24) is 9.97 Å². The second kappa shape index (κ2) is 5.01. The van der Waals surface area contributed by atoms with Crippen LogP contribution in [0.25, 0.3) is 0 Å². The summed E-state index contributed by atoms with van der Waals surface area (Å²) in [4.78, 5) is 10.1. The molecule has 17 heavy (non-hydrogen) atoms. The van der Waals surface area contributed by atoms with Crippen LogP contribution < -0.4 is 15.4 Å². The molecule has 0 bridgehead atoms. The first-order valence-corrected chi connectivity index (χ1v) is 6.03. The van der Waals surface area contributed by atoms with Crippen LogP contribution in [-0.4, -0.2) is 24.1 Å². The molecule has 0 saturated carbocycles. The van der Waals surface area contributed by atoms with E-state index in [1.54, 1.807) is 18.4 Å². The Kier molecular flexibility index (Phi) is 3.43. The molecule has 5 nitrogen and oxygen atoms in total. The summed E-state index contributed by atoms with van der Waals surface area (Å²) >= 11 is 1.67. The van der Waals surface area contributed by atoms with E-state index in [-0.39, 0.29) is 0 Å². The number of hydrogen-bond donors (Lipinski definition) is 1. The summed E-state index contributed by atoms with van der Waals surface area (Å²) in [6.45, 7) is 0.758. The average molecular weight is 250 g/mol. The summed E-state index contributed by atoms with van der Waals surface area (Å²) in [5.74, 6) is 1.09. The van der Waals surface area contributed by atoms with Gasteiger partial charge in [-0.25, -0.2) is 4.98 Å². The monoisotopic (exact) mass is 250 g/mol. The Hall–Kier alpha value is -1.82. The molecule has 90 valence electrons. The van der Waals surface area contributed by atoms with Gasteiger partial charge >= 0.3 is 0 Å². The fourth-order valence-electron chi connectivity index (χ4n) is 1.57. The Balaban J connectivity index is 2.22. The van der Waals surface area contributed by atoms with Crippen molar-refractivity contribution in [2.75, 3.05) is 24.8 Å². The molecular weight excluding hydrogens is 236 g/mol. The minimum atomic E-state index is 0.409. The van der Waals surface area contributed by atoms with Crippen LogP contribution in [0.2, 0.25) is 0 Å². The van der Waals surface area contributed by atoms with E-state index in [2.05, 4.69) is 21.4 Å². The molecule has 2 N–H and O–H groups in total. The highest BCUT2D eigenvalue weighted by Gasteiger charge is 2.12. The van der Waals surface area contributed by atoms with Gasteiger partial charge in [0.1, 0.15) is 12.0 Å². The van der Waals surface area contributed by atoms with E-state index in [9.17, 15) is 0 Å². The third kappa shape index (κ3) is 2.47. The number of anilines is 2. The van der Waals surface area contributed by atoms with Gasteiger partial charge in [-0.2, -0.15) is 16.3 Å². The Morgan fingerprint density at radius 1 is 1.47 bits per heavy atom. The molecular formula is C11H14N4OS. The van der Waals surface area contributed by atoms with Crippen LogP contribution in [0.3, 0.4) is 0 Å². The molecule has 0 fully saturated rings. The van der Waals surface area contributed by atoms with Crippen LogP contribution in [-0.2, 0) is 6.54 Å². The number of nitrogen functional groups attached to an aromatic ring is 1. The zero-order valence-corrected chi connectivity index (χ0v) is 10.6. The highest BCUT2D eigenvalue weighted by molar-refractivity contribution is 7.07. The van der Waals surface area contributed by atoms with E-state index in [0.717, 1.165) is 6.54 Å². The van der Waals surface area contributed by atoms with Crippen molar-refractivity contribution in [3.63, 3.8) is 0 Å². The largest absolute Gasteiger partial charge is 0.479 e. The first-order chi connectivity index (χ1) is 8.22. The van der Waals surface area contributed by atoms with Crippen LogP contribution >= 0.6 is 11.3 Å². The molecule has 2 rings (SSSR count). The molecule has 0 saturated heterocycles. The Morgan fingerprint density at radius 3 is 2.94 bits per heavy atom. The summed E-state index contributed by atoms with van der Waals surface area (Å²) in [5, 5.41) is 4.15. The fourth-order valence-corrected chi connectivity index (χ4v) is 2.23. The van der Waals surface area contributed by atoms with E-state index < -0.39 is 0 Å². The van der Waals surface area contributed by atoms with Gasteiger partial charge in [-0.3, -0.25) is 0 Å². The lowest BCUT2D eigenvalue weighted by atomic mass is 10.3. The van der Waals surface area contributed by atoms with Gasteiger partial charge in [-0.15, -0.1) is 0 Å². The number of thiophene rings is 1. The Bertz CT molecular complexity index is 486. The predicted octanol–water partition coefficient (Wildman–Crippen LogP) is 1.77. The van der Waals surface area contributed by atoms with Crippen molar-refractivity contribution in [2.45, 2.75) is 6.54 Å². The average Bonchev–Trinajstić information content (AvgIpc) is 2.82. The van der Waals surface area contributed by atoms with Crippen molar-refractivity contribution in [1.29, 1.82) is 0 Å². The van der Waals surface area contributed by atoms with Crippen LogP contribution in [0.5, 0.6) is 5.88 Å². The molecule has 2 heterocycles. The predicted molar refractivity (Wildman–Crippen MR) is 69.4 cm³/mol. The number of nitrogens with two attached hydrogens (primary N) is 1. The fraction of sp³-hybridized carbons (Fsp3) is 0.273. The van der Waals surface area contributed by atoms with Crippen LogP contribution in [0, 0.1) is 0 Å². The first kappa shape index (κ1) is 11.7. The highest BCUT2D eigenvalue weighted by Crippen LogP contribution is 2.27. The summed E-state index contributed by atoms with van der Waals surface area (Å²) in [6.07, 6.45) is 1.45. The molecule has 0 aliphatic rings. The molecule has 0 amide bonds. The molecule has 2 aromatic rings. The molecule has 2 aromatic heterocycles. The number of rotatable bonds is 4. The maximum absolute atomic E-state index is 5.93. The van der Waals surface area contributed by atoms with E-state index in [0.29, 0.717) is 17.4 Å². The minimum absolute atomic E-state index is 0.409. The summed E-state index contributed by atoms with van der Waals surface area (Å²) in [6, 6.07) is 2.08. The van der Waals surface area contributed by atoms with E-state index >= 15 is 0 Å². The SMILES string of the molecule is COc1ncnc(N(C)Cc2ccsc2)c1N. The lowest BCUT2D eigenvalue weighted by Gasteiger charge is -2.19. The third-order valence-electron chi connectivity index (χ3n) is 2.38. The minimum Gasteiger partial charge on any atom is -0.479 e. The van der Waals surface area contributed by atoms with Crippen LogP contribution in [0.1, 0.15) is 5.56 Å². The van der Waals surface area contributed by atoms with E-state index in [1.807, 2.05) is 17.3 Å². The van der Waals surface area contributed by atoms with Gasteiger partial charge in [-0.1, -0.05) is 0 Å². The Labute approximate surface area is 104 Å². The Morgan fingerprint density at radius 2 is 2.29 bits per heavy atom. The normalized spacial score (nSPS) is 10.2. The van der Waals surface area contributed by atoms with Gasteiger partial charge in [0.05, 0.1) is 7.11 Å². The number of aromatic nitrogens is 2. The number of methoxy groups -OCH3 is 1. The molecule has 0 aromatic carbocycles. The lowest BCUT2D eigenvalue weighted by molar-refractivity contribution is 0.399. The maximum atomic E-state index is 5.93. The number of nitrogens with zero attached hydrogens (tertiary/aromatic N) is 3. The maximum Gasteiger partial charge on any atom is 0.242 e. The van der Waals surface area contributed by atoms with Gasteiger partial charge in [0, 0.05) is 13.6 Å². The second-order valence-corrected chi connectivity index (χ2v) is 4.39. The van der Waals surface area contributed by atoms with Crippen LogP contribution in [0.15, 0.2) is 23.2 Å². The van der Waals surface area contributed by atoms with Gasteiger partial charge in [-0.05, 0) is 22.4 Å². The van der Waals surface area contributed by atoms with Crippen molar-refractivity contribution >= 4 is 22.8 Å². The molecule has 0 spiro atoms. The smallest absolute Gasteiger partial charge is 0.242 e. The van der Waals surface area contributed by atoms with Crippen LogP contribution in [0.4, 0.5) is 11.5 Å². The third-order valence-corrected chi connectivity index (χ3v) is 3.11. The topological polar surface area (TPSA) is 64.3 Å². The van der Waals surface area contributed by atoms with E-state index in [4.69, 9.17) is 10.5 Å². The quantitative estimate of drug-likeness (QED) is 0.895. The summed E-state index contributed by atoms with van der Waals surface area (Å²) in [5.41, 5.74) is 7.63. The van der Waals surface area contributed by atoms with Gasteiger partial charge in [0.15, 0.2) is 5.82 Å². The van der Waals surface area contributed by atoms with Crippen molar-refractivity contribution in [3.8, 4) is 5.88 Å². The molecule has 0 atom stereocenters. The first-order valence-electron chi connectivity index (χ1n) is 5.09. The molecule has 0 unspecified atom stereocenters. The molecule has 0 aliphatic carbocycles. The molecule has 0 aliphatic heterocycles. The van der Waals surface area contributed by atoms with Gasteiger partial charge in [0.25, 0.3) is 0 Å². The number of ether oxygens (including phenoxy) is 1. The van der Waals surface area contributed by atoms with E-state index in [1.165, 1.54) is 11.9 Å². The number of hydrogen-bond acceptors (Lipinski definition) is 6. The zero-order chi connectivity index (χ0) is 12.3. The highest BCUT2D eigenvalue weighted by atomic mass is 32.1. The standard InChI is InChI=1S/C11H14N4OS/c1-15(5-8-3-4-17-6-8)10-9(12)11(16-2)14-7-13-10/h3-4,6-7H,5,12H2,1-2H3. The van der Waals surface area contributed by atoms with Crippen molar-refractivity contribution in [3.05, 3.63) is 28.7 Å². The molecule has 6 heteroatoms. The lowest BCUT2D eigenvalue weighted by Crippen LogP contribution is -2.19. The van der Waals surface area contributed by atoms with Gasteiger partial charge < -0.3 is 15.4 Å². The van der Waals surface area contributed by atoms with Gasteiger partial charge in [0.2, 0.25) is 5.88 Å². The zero-order valence-electron chi connectivity index (χ0n) is 9.75. The summed E-state index contributed by atoms with van der Waals surface area (Å²) in [7, 11) is 3.48. The van der Waals surface area contributed by atoms with Crippen molar-refractivity contribution < 1.29 is 4.74 Å². The second-order valence-electron chi connectivity index (χ2n) is 3.61. The van der Waals surface area contributed by atoms with Crippen molar-refractivity contribution in [2.24, 2.45) is 0 Å².